The van der Waals surface area contributed by atoms with Crippen molar-refractivity contribution in [2.45, 2.75) is 0 Å². The predicted molar refractivity (Wildman–Crippen MR) is 92.8 cm³/mol. The van der Waals surface area contributed by atoms with Crippen molar-refractivity contribution in [3.8, 4) is 11.5 Å². The molecule has 0 spiro atoms. The van der Waals surface area contributed by atoms with E-state index in [2.05, 4.69) is 21.2 Å². The number of benzene rings is 2. The van der Waals surface area contributed by atoms with Gasteiger partial charge in [0.05, 0.1) is 12.8 Å². The number of nitrogens with zero attached hydrogens (tertiary/aromatic N) is 1. The van der Waals surface area contributed by atoms with Crippen LogP contribution in [0.5, 0.6) is 11.5 Å². The van der Waals surface area contributed by atoms with Crippen LogP contribution in [0.3, 0.4) is 0 Å². The smallest absolute Gasteiger partial charge is 0.333 e. The monoisotopic (exact) mass is 388 g/mol. The normalized spacial score (nSPS) is 15.8. The zero-order chi connectivity index (χ0) is 17.3. The van der Waals surface area contributed by atoms with Crippen LogP contribution in [0.25, 0.3) is 6.08 Å². The number of rotatable bonds is 3. The first-order valence-electron chi connectivity index (χ1n) is 7.00. The number of methoxy groups -OCH3 is 1. The molecule has 0 atom stereocenters. The topological polar surface area (TPSA) is 78.9 Å². The molecule has 1 saturated heterocycles. The Morgan fingerprint density at radius 2 is 1.92 bits per heavy atom. The first-order valence-corrected chi connectivity index (χ1v) is 7.79. The van der Waals surface area contributed by atoms with Gasteiger partial charge >= 0.3 is 6.03 Å². The fourth-order valence-electron chi connectivity index (χ4n) is 2.36. The summed E-state index contributed by atoms with van der Waals surface area (Å²) in [6.07, 6.45) is 1.41. The maximum Gasteiger partial charge on any atom is 0.333 e. The van der Waals surface area contributed by atoms with E-state index in [-0.39, 0.29) is 17.2 Å². The van der Waals surface area contributed by atoms with E-state index in [1.54, 1.807) is 42.5 Å². The average molecular weight is 389 g/mol. The molecule has 6 nitrogen and oxygen atoms in total. The van der Waals surface area contributed by atoms with Crippen molar-refractivity contribution in [3.63, 3.8) is 0 Å². The number of hydrogen-bond donors (Lipinski definition) is 2. The molecule has 1 aliphatic rings. The number of carbonyl (C=O) groups is 2. The van der Waals surface area contributed by atoms with Crippen LogP contribution < -0.4 is 15.0 Å². The summed E-state index contributed by atoms with van der Waals surface area (Å²) in [5.74, 6) is -0.356. The highest BCUT2D eigenvalue weighted by Crippen LogP contribution is 2.35. The van der Waals surface area contributed by atoms with Crippen LogP contribution in [-0.4, -0.2) is 24.2 Å². The van der Waals surface area contributed by atoms with Gasteiger partial charge in [0, 0.05) is 10.0 Å². The number of carbonyl (C=O) groups excluding carboxylic acids is 2. The van der Waals surface area contributed by atoms with Crippen molar-refractivity contribution < 1.29 is 19.4 Å². The second-order valence-electron chi connectivity index (χ2n) is 5.01. The number of para-hydroxylation sites is 1. The molecular formula is C17H13BrN2O4. The van der Waals surface area contributed by atoms with Crippen LogP contribution >= 0.6 is 15.9 Å². The lowest BCUT2D eigenvalue weighted by Crippen LogP contribution is -2.30. The Kier molecular flexibility index (Phi) is 4.26. The van der Waals surface area contributed by atoms with Crippen LogP contribution in [0.2, 0.25) is 0 Å². The fraction of sp³-hybridized carbons (Fsp3) is 0.0588. The summed E-state index contributed by atoms with van der Waals surface area (Å²) < 4.78 is 5.74. The summed E-state index contributed by atoms with van der Waals surface area (Å²) in [7, 11) is 1.43. The van der Waals surface area contributed by atoms with Crippen molar-refractivity contribution in [3.05, 3.63) is 58.2 Å². The highest BCUT2D eigenvalue weighted by molar-refractivity contribution is 9.10. The standard InChI is InChI=1S/C17H13BrN2O4/c1-24-14-9-11(18)7-10(15(14)21)8-13-16(22)20(17(23)19-13)12-5-3-2-4-6-12/h2-9,21H,1H3,(H,19,23). The Labute approximate surface area is 146 Å². The van der Waals surface area contributed by atoms with E-state index in [1.165, 1.54) is 13.2 Å². The molecule has 7 heteroatoms. The molecule has 3 amide bonds. The van der Waals surface area contributed by atoms with Gasteiger partial charge in [0.15, 0.2) is 11.5 Å². The van der Waals surface area contributed by atoms with E-state index in [1.807, 2.05) is 0 Å². The molecule has 0 saturated carbocycles. The molecule has 0 radical (unpaired) electrons. The number of hydrogen-bond acceptors (Lipinski definition) is 4. The molecule has 1 fully saturated rings. The molecule has 2 aromatic carbocycles. The quantitative estimate of drug-likeness (QED) is 0.624. The Hall–Kier alpha value is -2.80. The largest absolute Gasteiger partial charge is 0.504 e. The van der Waals surface area contributed by atoms with Gasteiger partial charge in [0.2, 0.25) is 0 Å². The highest BCUT2D eigenvalue weighted by Gasteiger charge is 2.34. The Balaban J connectivity index is 2.00. The number of amides is 3. The van der Waals surface area contributed by atoms with Crippen LogP contribution in [0, 0.1) is 0 Å². The number of ether oxygens (including phenoxy) is 1. The number of aromatic hydroxyl groups is 1. The minimum Gasteiger partial charge on any atom is -0.504 e. The maximum atomic E-state index is 12.5. The van der Waals surface area contributed by atoms with E-state index < -0.39 is 11.9 Å². The first kappa shape index (κ1) is 16.1. The predicted octanol–water partition coefficient (Wildman–Crippen LogP) is 3.26. The summed E-state index contributed by atoms with van der Waals surface area (Å²) >= 11 is 3.31. The molecule has 3 rings (SSSR count). The summed E-state index contributed by atoms with van der Waals surface area (Å²) in [5.41, 5.74) is 0.888. The number of halogens is 1. The van der Waals surface area contributed by atoms with Crippen LogP contribution in [0.15, 0.2) is 52.6 Å². The van der Waals surface area contributed by atoms with Crippen LogP contribution in [-0.2, 0) is 4.79 Å². The Morgan fingerprint density at radius 1 is 1.21 bits per heavy atom. The third-order valence-corrected chi connectivity index (χ3v) is 3.94. The number of nitrogens with one attached hydrogen (secondary N) is 1. The van der Waals surface area contributed by atoms with Gasteiger partial charge in [-0.15, -0.1) is 0 Å². The van der Waals surface area contributed by atoms with Crippen molar-refractivity contribution in [2.24, 2.45) is 0 Å². The molecule has 24 heavy (non-hydrogen) atoms. The third kappa shape index (κ3) is 2.85. The average Bonchev–Trinajstić information content (AvgIpc) is 2.85. The Bertz CT molecular complexity index is 849. The lowest BCUT2D eigenvalue weighted by atomic mass is 10.1. The molecule has 122 valence electrons. The molecule has 1 aliphatic heterocycles. The van der Waals surface area contributed by atoms with Gasteiger partial charge in [0.25, 0.3) is 5.91 Å². The number of phenols is 1. The lowest BCUT2D eigenvalue weighted by molar-refractivity contribution is -0.113. The molecule has 0 bridgehead atoms. The van der Waals surface area contributed by atoms with E-state index >= 15 is 0 Å². The third-order valence-electron chi connectivity index (χ3n) is 3.48. The zero-order valence-corrected chi connectivity index (χ0v) is 14.2. The van der Waals surface area contributed by atoms with Gasteiger partial charge in [0.1, 0.15) is 5.70 Å². The van der Waals surface area contributed by atoms with Gasteiger partial charge in [-0.2, -0.15) is 0 Å². The highest BCUT2D eigenvalue weighted by atomic mass is 79.9. The number of phenolic OH excluding ortho intramolecular Hbond substituents is 1. The fourth-order valence-corrected chi connectivity index (χ4v) is 2.82. The summed E-state index contributed by atoms with van der Waals surface area (Å²) in [4.78, 5) is 25.7. The van der Waals surface area contributed by atoms with Gasteiger partial charge in [-0.05, 0) is 30.3 Å². The molecule has 2 aromatic rings. The van der Waals surface area contributed by atoms with Crippen LogP contribution in [0.1, 0.15) is 5.56 Å². The van der Waals surface area contributed by atoms with Gasteiger partial charge in [-0.3, -0.25) is 4.79 Å². The minimum absolute atomic E-state index is 0.0688. The number of urea groups is 1. The number of imide groups is 1. The second kappa shape index (κ2) is 6.37. The van der Waals surface area contributed by atoms with Crippen molar-refractivity contribution in [1.29, 1.82) is 0 Å². The maximum absolute atomic E-state index is 12.5. The van der Waals surface area contributed by atoms with Crippen LogP contribution in [0.4, 0.5) is 10.5 Å². The zero-order valence-electron chi connectivity index (χ0n) is 12.6. The molecule has 2 N–H and O–H groups in total. The van der Waals surface area contributed by atoms with Crippen molar-refractivity contribution in [2.75, 3.05) is 12.0 Å². The van der Waals surface area contributed by atoms with Gasteiger partial charge in [-0.25, -0.2) is 9.69 Å². The van der Waals surface area contributed by atoms with E-state index in [0.29, 0.717) is 15.7 Å². The van der Waals surface area contributed by atoms with E-state index in [9.17, 15) is 14.7 Å². The SMILES string of the molecule is COc1cc(Br)cc(C=C2NC(=O)N(c3ccccc3)C2=O)c1O. The summed E-state index contributed by atoms with van der Waals surface area (Å²) in [5, 5.41) is 12.7. The molecule has 0 aromatic heterocycles. The molecule has 0 aliphatic carbocycles. The number of anilines is 1. The molecule has 1 heterocycles. The molecular weight excluding hydrogens is 376 g/mol. The van der Waals surface area contributed by atoms with Gasteiger partial charge in [-0.1, -0.05) is 34.1 Å². The van der Waals surface area contributed by atoms with E-state index in [0.717, 1.165) is 4.90 Å². The minimum atomic E-state index is -0.543. The van der Waals surface area contributed by atoms with E-state index in [4.69, 9.17) is 4.74 Å². The molecule has 0 unspecified atom stereocenters. The van der Waals surface area contributed by atoms with Crippen molar-refractivity contribution >= 4 is 39.6 Å². The second-order valence-corrected chi connectivity index (χ2v) is 5.93. The van der Waals surface area contributed by atoms with Crippen molar-refractivity contribution in [1.82, 2.24) is 5.32 Å². The first-order chi connectivity index (χ1) is 11.5. The lowest BCUT2D eigenvalue weighted by Gasteiger charge is -2.11. The summed E-state index contributed by atoms with van der Waals surface area (Å²) in [6.45, 7) is 0. The Morgan fingerprint density at radius 3 is 2.58 bits per heavy atom. The summed E-state index contributed by atoms with van der Waals surface area (Å²) in [6, 6.07) is 11.3. The van der Waals surface area contributed by atoms with Gasteiger partial charge < -0.3 is 15.2 Å².